The van der Waals surface area contributed by atoms with E-state index in [1.165, 1.54) is 5.56 Å². The molecule has 1 aliphatic heterocycles. The van der Waals surface area contributed by atoms with E-state index >= 15 is 0 Å². The second-order valence-electron chi connectivity index (χ2n) is 5.09. The fourth-order valence-corrected chi connectivity index (χ4v) is 4.02. The third kappa shape index (κ3) is 4.06. The van der Waals surface area contributed by atoms with Gasteiger partial charge in [-0.05, 0) is 30.9 Å². The molecule has 2 rings (SSSR count). The van der Waals surface area contributed by atoms with Gasteiger partial charge in [0.25, 0.3) is 0 Å². The Labute approximate surface area is 114 Å². The van der Waals surface area contributed by atoms with Crippen LogP contribution in [-0.4, -0.2) is 31.9 Å². The van der Waals surface area contributed by atoms with Crippen LogP contribution in [-0.2, 0) is 21.1 Å². The monoisotopic (exact) mass is 281 g/mol. The summed E-state index contributed by atoms with van der Waals surface area (Å²) in [4.78, 5) is 11.8. The Hall–Kier alpha value is -1.36. The number of carbonyl (C=O) groups is 1. The summed E-state index contributed by atoms with van der Waals surface area (Å²) in [7, 11) is -2.93. The van der Waals surface area contributed by atoms with E-state index < -0.39 is 9.84 Å². The van der Waals surface area contributed by atoms with Gasteiger partial charge >= 0.3 is 0 Å². The summed E-state index contributed by atoms with van der Waals surface area (Å²) < 4.78 is 22.6. The van der Waals surface area contributed by atoms with Crippen LogP contribution in [0.15, 0.2) is 24.3 Å². The number of sulfone groups is 1. The lowest BCUT2D eigenvalue weighted by atomic mass is 10.0. The molecule has 0 bridgehead atoms. The number of rotatable bonds is 4. The van der Waals surface area contributed by atoms with Crippen molar-refractivity contribution in [2.24, 2.45) is 0 Å². The first-order chi connectivity index (χ1) is 8.96. The Bertz CT molecular complexity index is 566. The minimum Gasteiger partial charge on any atom is -0.352 e. The van der Waals surface area contributed by atoms with Crippen molar-refractivity contribution in [2.45, 2.75) is 32.2 Å². The summed E-state index contributed by atoms with van der Waals surface area (Å²) in [5, 5.41) is 2.81. The van der Waals surface area contributed by atoms with Crippen LogP contribution in [0.4, 0.5) is 0 Å². The van der Waals surface area contributed by atoms with Gasteiger partial charge in [0, 0.05) is 12.5 Å². The third-order valence-electron chi connectivity index (χ3n) is 3.48. The Morgan fingerprint density at radius 3 is 2.74 bits per heavy atom. The molecule has 104 valence electrons. The summed E-state index contributed by atoms with van der Waals surface area (Å²) in [5.74, 6) is 0.212. The maximum absolute atomic E-state index is 11.8. The quantitative estimate of drug-likeness (QED) is 0.903. The first-order valence-electron chi connectivity index (χ1n) is 6.50. The molecule has 5 heteroatoms. The second kappa shape index (κ2) is 5.74. The van der Waals surface area contributed by atoms with E-state index in [0.717, 1.165) is 5.56 Å². The molecule has 1 heterocycles. The van der Waals surface area contributed by atoms with Gasteiger partial charge in [0.1, 0.15) is 0 Å². The van der Waals surface area contributed by atoms with Gasteiger partial charge in [-0.15, -0.1) is 0 Å². The van der Waals surface area contributed by atoms with Gasteiger partial charge in [-0.1, -0.05) is 24.3 Å². The van der Waals surface area contributed by atoms with Crippen molar-refractivity contribution in [3.05, 3.63) is 35.4 Å². The Kier molecular flexibility index (Phi) is 4.24. The fraction of sp³-hybridized carbons (Fsp3) is 0.500. The van der Waals surface area contributed by atoms with E-state index in [9.17, 15) is 13.2 Å². The van der Waals surface area contributed by atoms with Crippen molar-refractivity contribution in [1.82, 2.24) is 5.32 Å². The Balaban J connectivity index is 1.81. The molecule has 1 amide bonds. The minimum atomic E-state index is -2.93. The van der Waals surface area contributed by atoms with E-state index in [2.05, 4.69) is 5.32 Å². The van der Waals surface area contributed by atoms with Gasteiger partial charge in [0.2, 0.25) is 5.91 Å². The van der Waals surface area contributed by atoms with Gasteiger partial charge in [0.15, 0.2) is 9.84 Å². The zero-order chi connectivity index (χ0) is 13.9. The van der Waals surface area contributed by atoms with Crippen LogP contribution < -0.4 is 5.32 Å². The summed E-state index contributed by atoms with van der Waals surface area (Å²) in [5.41, 5.74) is 2.34. The smallest absolute Gasteiger partial charge is 0.220 e. The molecule has 19 heavy (non-hydrogen) atoms. The van der Waals surface area contributed by atoms with Crippen molar-refractivity contribution in [2.75, 3.05) is 11.5 Å². The van der Waals surface area contributed by atoms with Crippen molar-refractivity contribution in [3.63, 3.8) is 0 Å². The summed E-state index contributed by atoms with van der Waals surface area (Å²) >= 11 is 0. The maximum Gasteiger partial charge on any atom is 0.220 e. The predicted octanol–water partition coefficient (Wildman–Crippen LogP) is 1.23. The van der Waals surface area contributed by atoms with E-state index in [-0.39, 0.29) is 23.5 Å². The molecule has 1 aromatic rings. The van der Waals surface area contributed by atoms with E-state index in [0.29, 0.717) is 19.3 Å². The number of hydrogen-bond acceptors (Lipinski definition) is 3. The number of hydrogen-bond donors (Lipinski definition) is 1. The highest BCUT2D eigenvalue weighted by molar-refractivity contribution is 7.91. The summed E-state index contributed by atoms with van der Waals surface area (Å²) in [6, 6.07) is 7.78. The molecule has 0 spiro atoms. The van der Waals surface area contributed by atoms with Gasteiger partial charge in [-0.3, -0.25) is 4.79 Å². The normalized spacial score (nSPS) is 21.2. The molecule has 1 aromatic carbocycles. The number of benzene rings is 1. The first kappa shape index (κ1) is 14.1. The highest BCUT2D eigenvalue weighted by atomic mass is 32.2. The Morgan fingerprint density at radius 1 is 1.37 bits per heavy atom. The lowest BCUT2D eigenvalue weighted by molar-refractivity contribution is -0.121. The van der Waals surface area contributed by atoms with Crippen LogP contribution in [0.1, 0.15) is 24.0 Å². The minimum absolute atomic E-state index is 0.0645. The van der Waals surface area contributed by atoms with E-state index in [1.54, 1.807) is 0 Å². The second-order valence-corrected chi connectivity index (χ2v) is 7.32. The summed E-state index contributed by atoms with van der Waals surface area (Å²) in [6.45, 7) is 2.02. The number of amides is 1. The number of carbonyl (C=O) groups excluding carboxylic acids is 1. The number of nitrogens with one attached hydrogen (secondary N) is 1. The molecule has 1 N–H and O–H groups in total. The van der Waals surface area contributed by atoms with Crippen molar-refractivity contribution < 1.29 is 13.2 Å². The van der Waals surface area contributed by atoms with Gasteiger partial charge in [-0.2, -0.15) is 0 Å². The zero-order valence-electron chi connectivity index (χ0n) is 11.1. The highest BCUT2D eigenvalue weighted by Crippen LogP contribution is 2.12. The van der Waals surface area contributed by atoms with Gasteiger partial charge < -0.3 is 5.32 Å². The lowest BCUT2D eigenvalue weighted by Gasteiger charge is -2.11. The third-order valence-corrected chi connectivity index (χ3v) is 5.25. The van der Waals surface area contributed by atoms with E-state index in [1.807, 2.05) is 31.2 Å². The summed E-state index contributed by atoms with van der Waals surface area (Å²) in [6.07, 6.45) is 1.64. The van der Waals surface area contributed by atoms with Crippen LogP contribution in [0, 0.1) is 6.92 Å². The lowest BCUT2D eigenvalue weighted by Crippen LogP contribution is -2.35. The standard InChI is InChI=1S/C14H19NO3S/c1-11-4-2-3-5-12(11)6-7-14(16)15-13-8-9-19(17,18)10-13/h2-5,13H,6-10H2,1H3,(H,15,16). The number of aryl methyl sites for hydroxylation is 2. The van der Waals surface area contributed by atoms with Crippen LogP contribution in [0.2, 0.25) is 0 Å². The predicted molar refractivity (Wildman–Crippen MR) is 74.7 cm³/mol. The van der Waals surface area contributed by atoms with E-state index in [4.69, 9.17) is 0 Å². The first-order valence-corrected chi connectivity index (χ1v) is 8.33. The largest absolute Gasteiger partial charge is 0.352 e. The topological polar surface area (TPSA) is 63.2 Å². The molecule has 0 aromatic heterocycles. The van der Waals surface area contributed by atoms with Crippen molar-refractivity contribution >= 4 is 15.7 Å². The van der Waals surface area contributed by atoms with Crippen LogP contribution in [0.5, 0.6) is 0 Å². The van der Waals surface area contributed by atoms with Crippen LogP contribution >= 0.6 is 0 Å². The average molecular weight is 281 g/mol. The molecule has 1 saturated heterocycles. The SMILES string of the molecule is Cc1ccccc1CCC(=O)NC1CCS(=O)(=O)C1. The average Bonchev–Trinajstić information content (AvgIpc) is 2.67. The molecular weight excluding hydrogens is 262 g/mol. The van der Waals surface area contributed by atoms with Crippen LogP contribution in [0.25, 0.3) is 0 Å². The molecule has 0 radical (unpaired) electrons. The van der Waals surface area contributed by atoms with Crippen molar-refractivity contribution in [3.8, 4) is 0 Å². The highest BCUT2D eigenvalue weighted by Gasteiger charge is 2.28. The Morgan fingerprint density at radius 2 is 2.11 bits per heavy atom. The fourth-order valence-electron chi connectivity index (χ4n) is 2.35. The van der Waals surface area contributed by atoms with Gasteiger partial charge in [0.05, 0.1) is 11.5 Å². The molecule has 1 aliphatic rings. The van der Waals surface area contributed by atoms with Gasteiger partial charge in [-0.25, -0.2) is 8.42 Å². The van der Waals surface area contributed by atoms with Crippen LogP contribution in [0.3, 0.4) is 0 Å². The maximum atomic E-state index is 11.8. The molecule has 0 saturated carbocycles. The molecule has 0 aliphatic carbocycles. The molecule has 1 unspecified atom stereocenters. The molecular formula is C14H19NO3S. The molecule has 1 fully saturated rings. The zero-order valence-corrected chi connectivity index (χ0v) is 11.9. The molecule has 1 atom stereocenters. The van der Waals surface area contributed by atoms with Crippen molar-refractivity contribution in [1.29, 1.82) is 0 Å². The molecule has 4 nitrogen and oxygen atoms in total.